The number of esters is 1. The number of carbonyl (C=O) groups excluding carboxylic acids is 2. The SMILES string of the molecule is COC(=O)c1ccc(CSc2nnc(NC(=S)NC(C)=O)s2)cc1. The lowest BCUT2D eigenvalue weighted by molar-refractivity contribution is -0.117. The van der Waals surface area contributed by atoms with Crippen LogP contribution in [0.25, 0.3) is 0 Å². The number of thiocarbonyl (C=S) groups is 1. The normalized spacial score (nSPS) is 10.1. The highest BCUT2D eigenvalue weighted by Gasteiger charge is 2.08. The third-order valence-electron chi connectivity index (χ3n) is 2.65. The molecule has 2 rings (SSSR count). The summed E-state index contributed by atoms with van der Waals surface area (Å²) < 4.78 is 5.42. The van der Waals surface area contributed by atoms with Crippen LogP contribution in [-0.4, -0.2) is 34.3 Å². The fraction of sp³-hybridized carbons (Fsp3) is 0.214. The number of anilines is 1. The van der Waals surface area contributed by atoms with Crippen LogP contribution in [-0.2, 0) is 15.3 Å². The monoisotopic (exact) mass is 382 g/mol. The van der Waals surface area contributed by atoms with E-state index in [9.17, 15) is 9.59 Å². The molecule has 0 radical (unpaired) electrons. The number of hydrogen-bond donors (Lipinski definition) is 2. The first kappa shape index (κ1) is 18.3. The van der Waals surface area contributed by atoms with E-state index in [4.69, 9.17) is 12.2 Å². The fourth-order valence-corrected chi connectivity index (χ4v) is 3.62. The molecule has 1 aromatic heterocycles. The molecule has 0 aliphatic rings. The Bertz CT molecular complexity index is 746. The van der Waals surface area contributed by atoms with Crippen LogP contribution in [0.2, 0.25) is 0 Å². The number of methoxy groups -OCH3 is 1. The van der Waals surface area contributed by atoms with E-state index in [1.807, 2.05) is 12.1 Å². The van der Waals surface area contributed by atoms with Gasteiger partial charge in [-0.25, -0.2) is 4.79 Å². The van der Waals surface area contributed by atoms with Crippen LogP contribution >= 0.6 is 35.3 Å². The van der Waals surface area contributed by atoms with Gasteiger partial charge >= 0.3 is 5.97 Å². The van der Waals surface area contributed by atoms with Crippen molar-refractivity contribution in [3.63, 3.8) is 0 Å². The summed E-state index contributed by atoms with van der Waals surface area (Å²) in [6, 6.07) is 7.18. The van der Waals surface area contributed by atoms with Crippen molar-refractivity contribution < 1.29 is 14.3 Å². The summed E-state index contributed by atoms with van der Waals surface area (Å²) in [5, 5.41) is 14.0. The van der Waals surface area contributed by atoms with Crippen LogP contribution in [0.3, 0.4) is 0 Å². The van der Waals surface area contributed by atoms with E-state index in [0.29, 0.717) is 16.4 Å². The van der Waals surface area contributed by atoms with Crippen molar-refractivity contribution >= 4 is 57.4 Å². The average molecular weight is 382 g/mol. The van der Waals surface area contributed by atoms with E-state index in [2.05, 4.69) is 25.6 Å². The molecule has 0 aliphatic carbocycles. The van der Waals surface area contributed by atoms with E-state index >= 15 is 0 Å². The van der Waals surface area contributed by atoms with Crippen LogP contribution in [0.5, 0.6) is 0 Å². The Balaban J connectivity index is 1.87. The molecule has 0 fully saturated rings. The number of carbonyl (C=O) groups is 2. The first-order valence-corrected chi connectivity index (χ1v) is 8.91. The van der Waals surface area contributed by atoms with Crippen molar-refractivity contribution in [1.29, 1.82) is 0 Å². The third-order valence-corrected chi connectivity index (χ3v) is 4.90. The number of nitrogens with zero attached hydrogens (tertiary/aromatic N) is 2. The maximum absolute atomic E-state index is 11.4. The van der Waals surface area contributed by atoms with Gasteiger partial charge in [0.2, 0.25) is 11.0 Å². The minimum Gasteiger partial charge on any atom is -0.465 e. The molecule has 0 bridgehead atoms. The topological polar surface area (TPSA) is 93.2 Å². The van der Waals surface area contributed by atoms with Crippen LogP contribution in [0, 0.1) is 0 Å². The van der Waals surface area contributed by atoms with E-state index in [1.165, 1.54) is 37.1 Å². The zero-order valence-corrected chi connectivity index (χ0v) is 15.3. The number of amides is 1. The van der Waals surface area contributed by atoms with Crippen molar-refractivity contribution in [3.8, 4) is 0 Å². The summed E-state index contributed by atoms with van der Waals surface area (Å²) in [7, 11) is 1.35. The number of thioether (sulfide) groups is 1. The van der Waals surface area contributed by atoms with Gasteiger partial charge in [-0.3, -0.25) is 4.79 Å². The Labute approximate surface area is 152 Å². The van der Waals surface area contributed by atoms with Crippen molar-refractivity contribution in [3.05, 3.63) is 35.4 Å². The summed E-state index contributed by atoms with van der Waals surface area (Å²) >= 11 is 7.81. The maximum Gasteiger partial charge on any atom is 0.337 e. The predicted octanol–water partition coefficient (Wildman–Crippen LogP) is 2.45. The lowest BCUT2D eigenvalue weighted by Crippen LogP contribution is -2.32. The minimum absolute atomic E-state index is 0.189. The van der Waals surface area contributed by atoms with Gasteiger partial charge in [0.25, 0.3) is 0 Å². The Morgan fingerprint density at radius 1 is 1.29 bits per heavy atom. The zero-order chi connectivity index (χ0) is 17.5. The second kappa shape index (κ2) is 8.71. The van der Waals surface area contributed by atoms with Crippen LogP contribution in [0.15, 0.2) is 28.6 Å². The van der Waals surface area contributed by atoms with Crippen LogP contribution in [0.4, 0.5) is 5.13 Å². The number of rotatable bonds is 5. The largest absolute Gasteiger partial charge is 0.465 e. The van der Waals surface area contributed by atoms with Gasteiger partial charge in [-0.2, -0.15) is 0 Å². The molecule has 1 heterocycles. The Morgan fingerprint density at radius 3 is 2.62 bits per heavy atom. The maximum atomic E-state index is 11.4. The lowest BCUT2D eigenvalue weighted by atomic mass is 10.1. The molecule has 2 aromatic rings. The molecule has 0 spiro atoms. The van der Waals surface area contributed by atoms with Gasteiger partial charge in [-0.15, -0.1) is 10.2 Å². The van der Waals surface area contributed by atoms with Crippen LogP contribution < -0.4 is 10.6 Å². The Kier molecular flexibility index (Phi) is 6.64. The average Bonchev–Trinajstić information content (AvgIpc) is 2.99. The van der Waals surface area contributed by atoms with Crippen molar-refractivity contribution in [1.82, 2.24) is 15.5 Å². The second-order valence-electron chi connectivity index (χ2n) is 4.49. The smallest absolute Gasteiger partial charge is 0.337 e. The molecule has 7 nitrogen and oxygen atoms in total. The predicted molar refractivity (Wildman–Crippen MR) is 97.3 cm³/mol. The molecule has 126 valence electrons. The fourth-order valence-electron chi connectivity index (χ4n) is 1.61. The minimum atomic E-state index is -0.357. The Hall–Kier alpha value is -2.04. The summed E-state index contributed by atoms with van der Waals surface area (Å²) in [6.07, 6.45) is 0. The number of aromatic nitrogens is 2. The van der Waals surface area contributed by atoms with Gasteiger partial charge in [0.05, 0.1) is 12.7 Å². The highest BCUT2D eigenvalue weighted by molar-refractivity contribution is 8.00. The van der Waals surface area contributed by atoms with Gasteiger partial charge in [0.1, 0.15) is 0 Å². The molecular weight excluding hydrogens is 368 g/mol. The summed E-state index contributed by atoms with van der Waals surface area (Å²) in [6.45, 7) is 1.38. The quantitative estimate of drug-likeness (QED) is 0.463. The van der Waals surface area contributed by atoms with Crippen molar-refractivity contribution in [2.24, 2.45) is 0 Å². The first-order valence-electron chi connectivity index (χ1n) is 6.70. The molecule has 24 heavy (non-hydrogen) atoms. The van der Waals surface area contributed by atoms with Crippen molar-refractivity contribution in [2.45, 2.75) is 17.0 Å². The summed E-state index contributed by atoms with van der Waals surface area (Å²) in [4.78, 5) is 22.3. The third kappa shape index (κ3) is 5.55. The van der Waals surface area contributed by atoms with Crippen LogP contribution in [0.1, 0.15) is 22.8 Å². The molecule has 1 aromatic carbocycles. The summed E-state index contributed by atoms with van der Waals surface area (Å²) in [5.41, 5.74) is 1.56. The molecular formula is C14H14N4O3S3. The Morgan fingerprint density at radius 2 is 2.00 bits per heavy atom. The highest BCUT2D eigenvalue weighted by Crippen LogP contribution is 2.28. The van der Waals surface area contributed by atoms with E-state index in [1.54, 1.807) is 12.1 Å². The zero-order valence-electron chi connectivity index (χ0n) is 12.9. The van der Waals surface area contributed by atoms with Gasteiger partial charge < -0.3 is 15.4 Å². The lowest BCUT2D eigenvalue weighted by Gasteiger charge is -2.03. The number of benzene rings is 1. The highest BCUT2D eigenvalue weighted by atomic mass is 32.2. The molecule has 0 atom stereocenters. The van der Waals surface area contributed by atoms with Gasteiger partial charge in [0.15, 0.2) is 9.45 Å². The molecule has 0 aliphatic heterocycles. The van der Waals surface area contributed by atoms with Gasteiger partial charge in [-0.05, 0) is 29.9 Å². The van der Waals surface area contributed by atoms with E-state index < -0.39 is 0 Å². The number of hydrogen-bond acceptors (Lipinski definition) is 8. The molecule has 0 saturated carbocycles. The van der Waals surface area contributed by atoms with Gasteiger partial charge in [-0.1, -0.05) is 35.2 Å². The molecule has 2 N–H and O–H groups in total. The first-order chi connectivity index (χ1) is 11.5. The van der Waals surface area contributed by atoms with E-state index in [-0.39, 0.29) is 17.0 Å². The van der Waals surface area contributed by atoms with E-state index in [0.717, 1.165) is 9.90 Å². The van der Waals surface area contributed by atoms with Crippen molar-refractivity contribution in [2.75, 3.05) is 12.4 Å². The van der Waals surface area contributed by atoms with Gasteiger partial charge in [0, 0.05) is 12.7 Å². The standard InChI is InChI=1S/C14H14N4O3S3/c1-8(19)15-12(22)16-13-17-18-14(24-13)23-7-9-3-5-10(6-4-9)11(20)21-2/h3-6H,7H2,1-2H3,(H2,15,16,17,19,22). The number of ether oxygens (including phenoxy) is 1. The molecule has 0 unspecified atom stereocenters. The molecule has 10 heteroatoms. The molecule has 1 amide bonds. The summed E-state index contributed by atoms with van der Waals surface area (Å²) in [5.74, 6) is 0.0814. The number of nitrogens with one attached hydrogen (secondary N) is 2. The molecule has 0 saturated heterocycles. The second-order valence-corrected chi connectivity index (χ2v) is 7.09.